The number of hydrogen-bond donors (Lipinski definition) is 1. The van der Waals surface area contributed by atoms with Crippen LogP contribution in [0.3, 0.4) is 0 Å². The number of aliphatic hydroxyl groups is 1. The Morgan fingerprint density at radius 2 is 2.25 bits per heavy atom. The van der Waals surface area contributed by atoms with Crippen molar-refractivity contribution in [3.8, 4) is 0 Å². The van der Waals surface area contributed by atoms with Crippen LogP contribution in [0, 0.1) is 5.82 Å². The molecule has 1 aliphatic heterocycles. The lowest BCUT2D eigenvalue weighted by Gasteiger charge is -2.16. The van der Waals surface area contributed by atoms with Crippen molar-refractivity contribution in [1.29, 1.82) is 0 Å². The van der Waals surface area contributed by atoms with Crippen LogP contribution in [-0.2, 0) is 10.3 Å². The van der Waals surface area contributed by atoms with E-state index in [0.717, 1.165) is 0 Å². The normalized spacial score (nSPS) is 25.4. The summed E-state index contributed by atoms with van der Waals surface area (Å²) in [6.45, 7) is 0.699. The summed E-state index contributed by atoms with van der Waals surface area (Å²) in [5, 5.41) is 10.9. The minimum absolute atomic E-state index is 0.192. The van der Waals surface area contributed by atoms with Gasteiger partial charge in [0.05, 0.1) is 13.2 Å². The Morgan fingerprint density at radius 3 is 2.94 bits per heavy atom. The second-order valence-electron chi connectivity index (χ2n) is 4.10. The lowest BCUT2D eigenvalue weighted by atomic mass is 10.0. The van der Waals surface area contributed by atoms with Gasteiger partial charge in [0, 0.05) is 11.8 Å². The van der Waals surface area contributed by atoms with Crippen molar-refractivity contribution in [2.45, 2.75) is 12.0 Å². The van der Waals surface area contributed by atoms with E-state index in [1.165, 1.54) is 6.07 Å². The van der Waals surface area contributed by atoms with Crippen molar-refractivity contribution >= 4 is 11.0 Å². The van der Waals surface area contributed by atoms with Crippen LogP contribution in [0.5, 0.6) is 0 Å². The third-order valence-electron chi connectivity index (χ3n) is 2.96. The van der Waals surface area contributed by atoms with Crippen LogP contribution in [0.25, 0.3) is 11.0 Å². The molecular weight excluding hydrogens is 211 g/mol. The molecule has 2 aromatic rings. The predicted octanol–water partition coefficient (Wildman–Crippen LogP) is 2.18. The molecule has 2 heterocycles. The number of halogens is 1. The van der Waals surface area contributed by atoms with Gasteiger partial charge in [-0.1, -0.05) is 12.1 Å². The third-order valence-corrected chi connectivity index (χ3v) is 2.96. The predicted molar refractivity (Wildman–Crippen MR) is 55.5 cm³/mol. The summed E-state index contributed by atoms with van der Waals surface area (Å²) in [5.41, 5.74) is -0.913. The first-order valence-corrected chi connectivity index (χ1v) is 5.18. The van der Waals surface area contributed by atoms with Crippen molar-refractivity contribution in [2.24, 2.45) is 0 Å². The van der Waals surface area contributed by atoms with Gasteiger partial charge in [-0.15, -0.1) is 0 Å². The molecule has 1 unspecified atom stereocenters. The Bertz CT molecular complexity index is 526. The zero-order valence-electron chi connectivity index (χ0n) is 8.57. The molecule has 1 aliphatic rings. The fraction of sp³-hybridized carbons (Fsp3) is 0.333. The number of ether oxygens (including phenoxy) is 1. The van der Waals surface area contributed by atoms with Gasteiger partial charge in [-0.05, 0) is 12.1 Å². The van der Waals surface area contributed by atoms with Crippen molar-refractivity contribution in [3.05, 3.63) is 35.8 Å². The van der Waals surface area contributed by atoms with E-state index < -0.39 is 11.4 Å². The molecule has 1 aromatic heterocycles. The van der Waals surface area contributed by atoms with Gasteiger partial charge in [0.15, 0.2) is 11.4 Å². The Balaban J connectivity index is 2.15. The number of fused-ring (bicyclic) bond motifs is 1. The largest absolute Gasteiger partial charge is 0.455 e. The standard InChI is InChI=1S/C12H11FO3/c13-9-3-1-2-8-6-10(16-11(8)9)12(14)4-5-15-7-12/h1-3,6,14H,4-5,7H2. The van der Waals surface area contributed by atoms with E-state index >= 15 is 0 Å². The maximum atomic E-state index is 13.4. The molecule has 1 aromatic carbocycles. The molecular formula is C12H11FO3. The average molecular weight is 222 g/mol. The van der Waals surface area contributed by atoms with Gasteiger partial charge in [0.25, 0.3) is 0 Å². The molecule has 3 nitrogen and oxygen atoms in total. The highest BCUT2D eigenvalue weighted by Gasteiger charge is 2.37. The lowest BCUT2D eigenvalue weighted by molar-refractivity contribution is 0.00567. The molecule has 0 saturated carbocycles. The first-order valence-electron chi connectivity index (χ1n) is 5.18. The number of rotatable bonds is 1. The molecule has 0 spiro atoms. The van der Waals surface area contributed by atoms with Crippen molar-refractivity contribution in [2.75, 3.05) is 13.2 Å². The molecule has 1 fully saturated rings. The van der Waals surface area contributed by atoms with Gasteiger partial charge in [-0.3, -0.25) is 0 Å². The zero-order chi connectivity index (χ0) is 11.2. The molecule has 84 valence electrons. The van der Waals surface area contributed by atoms with Crippen molar-refractivity contribution < 1.29 is 18.7 Å². The van der Waals surface area contributed by atoms with Crippen LogP contribution in [0.15, 0.2) is 28.7 Å². The zero-order valence-corrected chi connectivity index (χ0v) is 8.57. The Labute approximate surface area is 91.4 Å². The van der Waals surface area contributed by atoms with Gasteiger partial charge >= 0.3 is 0 Å². The van der Waals surface area contributed by atoms with E-state index in [2.05, 4.69) is 0 Å². The topological polar surface area (TPSA) is 42.6 Å². The molecule has 1 saturated heterocycles. The summed E-state index contributed by atoms with van der Waals surface area (Å²) in [6.07, 6.45) is 0.481. The van der Waals surface area contributed by atoms with Gasteiger partial charge in [-0.2, -0.15) is 0 Å². The van der Waals surface area contributed by atoms with E-state index in [4.69, 9.17) is 9.15 Å². The monoisotopic (exact) mass is 222 g/mol. The van der Waals surface area contributed by atoms with Crippen molar-refractivity contribution in [3.63, 3.8) is 0 Å². The smallest absolute Gasteiger partial charge is 0.170 e. The summed E-state index contributed by atoms with van der Waals surface area (Å²) in [6, 6.07) is 6.38. The quantitative estimate of drug-likeness (QED) is 0.804. The molecule has 0 radical (unpaired) electrons. The van der Waals surface area contributed by atoms with Crippen LogP contribution in [0.2, 0.25) is 0 Å². The Kier molecular flexibility index (Phi) is 2.02. The Hall–Kier alpha value is -1.39. The fourth-order valence-corrected chi connectivity index (χ4v) is 2.01. The van der Waals surface area contributed by atoms with Gasteiger partial charge in [0.2, 0.25) is 0 Å². The van der Waals surface area contributed by atoms with Crippen LogP contribution in [0.1, 0.15) is 12.2 Å². The highest BCUT2D eigenvalue weighted by Crippen LogP contribution is 2.34. The van der Waals surface area contributed by atoms with Crippen LogP contribution >= 0.6 is 0 Å². The minimum Gasteiger partial charge on any atom is -0.455 e. The molecule has 3 rings (SSSR count). The fourth-order valence-electron chi connectivity index (χ4n) is 2.01. The SMILES string of the molecule is OC1(c2cc3cccc(F)c3o2)CCOC1. The molecule has 0 aliphatic carbocycles. The minimum atomic E-state index is -1.11. The summed E-state index contributed by atoms with van der Waals surface area (Å²) >= 11 is 0. The number of furan rings is 1. The maximum Gasteiger partial charge on any atom is 0.170 e. The summed E-state index contributed by atoms with van der Waals surface area (Å²) < 4.78 is 23.9. The number of para-hydroxylation sites is 1. The first-order chi connectivity index (χ1) is 7.69. The number of hydrogen-bond acceptors (Lipinski definition) is 3. The highest BCUT2D eigenvalue weighted by molar-refractivity contribution is 5.78. The summed E-state index contributed by atoms with van der Waals surface area (Å²) in [4.78, 5) is 0. The van der Waals surface area contributed by atoms with Gasteiger partial charge in [-0.25, -0.2) is 4.39 Å². The second kappa shape index (κ2) is 3.30. The average Bonchev–Trinajstić information content (AvgIpc) is 2.85. The van der Waals surface area contributed by atoms with E-state index in [1.807, 2.05) is 0 Å². The summed E-state index contributed by atoms with van der Waals surface area (Å²) in [7, 11) is 0. The first kappa shape index (κ1) is 9.81. The molecule has 4 heteroatoms. The maximum absolute atomic E-state index is 13.4. The van der Waals surface area contributed by atoms with Crippen LogP contribution in [-0.4, -0.2) is 18.3 Å². The summed E-state index contributed by atoms with van der Waals surface area (Å²) in [5.74, 6) is -0.0311. The van der Waals surface area contributed by atoms with Crippen molar-refractivity contribution in [1.82, 2.24) is 0 Å². The Morgan fingerprint density at radius 1 is 1.38 bits per heavy atom. The molecule has 1 atom stereocenters. The second-order valence-corrected chi connectivity index (χ2v) is 4.10. The molecule has 1 N–H and O–H groups in total. The van der Waals surface area contributed by atoms with E-state index in [0.29, 0.717) is 24.2 Å². The lowest BCUT2D eigenvalue weighted by Crippen LogP contribution is -2.24. The van der Waals surface area contributed by atoms with E-state index in [1.54, 1.807) is 18.2 Å². The molecule has 0 amide bonds. The van der Waals surface area contributed by atoms with Crippen LogP contribution < -0.4 is 0 Å². The molecule has 16 heavy (non-hydrogen) atoms. The van der Waals surface area contributed by atoms with Gasteiger partial charge in [0.1, 0.15) is 11.4 Å². The number of benzene rings is 1. The molecule has 0 bridgehead atoms. The van der Waals surface area contributed by atoms with E-state index in [-0.39, 0.29) is 12.2 Å². The van der Waals surface area contributed by atoms with Crippen LogP contribution in [0.4, 0.5) is 4.39 Å². The third kappa shape index (κ3) is 1.34. The highest BCUT2D eigenvalue weighted by atomic mass is 19.1. The van der Waals surface area contributed by atoms with E-state index in [9.17, 15) is 9.50 Å². The van der Waals surface area contributed by atoms with Gasteiger partial charge < -0.3 is 14.3 Å².